The molecule has 0 aromatic carbocycles. The molecule has 0 aromatic heterocycles. The molecule has 0 aromatic rings. The van der Waals surface area contributed by atoms with Gasteiger partial charge in [-0.05, 0) is 14.0 Å². The summed E-state index contributed by atoms with van der Waals surface area (Å²) in [5.74, 6) is 0. The maximum Gasteiger partial charge on any atom is 0.0593 e. The van der Waals surface area contributed by atoms with E-state index in [1.165, 1.54) is 0 Å². The summed E-state index contributed by atoms with van der Waals surface area (Å²) in [6.45, 7) is 6.75. The first-order valence-corrected chi connectivity index (χ1v) is 5.06. The van der Waals surface area contributed by atoms with Crippen molar-refractivity contribution in [3.63, 3.8) is 0 Å². The van der Waals surface area contributed by atoms with E-state index in [1.54, 1.807) is 0 Å². The minimum absolute atomic E-state index is 0.00246. The summed E-state index contributed by atoms with van der Waals surface area (Å²) in [6.07, 6.45) is 0. The molecule has 0 saturated carbocycles. The van der Waals surface area contributed by atoms with E-state index in [0.29, 0.717) is 13.2 Å². The first kappa shape index (κ1) is 13.8. The number of aliphatic hydroxyl groups excluding tert-OH is 2. The Morgan fingerprint density at radius 1 is 1.29 bits per heavy atom. The highest BCUT2D eigenvalue weighted by Crippen LogP contribution is 2.14. The molecule has 0 rings (SSSR count). The molecule has 0 spiro atoms. The largest absolute Gasteiger partial charge is 0.396 e. The average Bonchev–Trinajstić information content (AvgIpc) is 2.18. The van der Waals surface area contributed by atoms with Gasteiger partial charge in [0.1, 0.15) is 0 Å². The smallest absolute Gasteiger partial charge is 0.0593 e. The van der Waals surface area contributed by atoms with E-state index < -0.39 is 5.41 Å². The van der Waals surface area contributed by atoms with Crippen molar-refractivity contribution in [3.8, 4) is 0 Å². The Kier molecular flexibility index (Phi) is 7.09. The van der Waals surface area contributed by atoms with Crippen LogP contribution in [0.1, 0.15) is 13.8 Å². The van der Waals surface area contributed by atoms with Gasteiger partial charge in [0.2, 0.25) is 0 Å². The summed E-state index contributed by atoms with van der Waals surface area (Å²) < 4.78 is 5.22. The van der Waals surface area contributed by atoms with Crippen molar-refractivity contribution in [2.24, 2.45) is 5.41 Å². The van der Waals surface area contributed by atoms with E-state index in [-0.39, 0.29) is 13.2 Å². The fourth-order valence-corrected chi connectivity index (χ4v) is 1.25. The monoisotopic (exact) mass is 205 g/mol. The SMILES string of the molecule is CCOCCN(C)CC(C)(CO)CO. The lowest BCUT2D eigenvalue weighted by Gasteiger charge is -2.30. The molecule has 14 heavy (non-hydrogen) atoms. The molecular formula is C10H23NO3. The van der Waals surface area contributed by atoms with Gasteiger partial charge in [0.05, 0.1) is 19.8 Å². The van der Waals surface area contributed by atoms with Crippen LogP contribution in [0.5, 0.6) is 0 Å². The Balaban J connectivity index is 3.73. The maximum absolute atomic E-state index is 9.09. The Hall–Kier alpha value is -0.160. The normalized spacial score (nSPS) is 12.4. The molecule has 0 aliphatic heterocycles. The Labute approximate surface area is 86.5 Å². The average molecular weight is 205 g/mol. The number of aliphatic hydroxyl groups is 2. The van der Waals surface area contributed by atoms with Gasteiger partial charge in [-0.3, -0.25) is 0 Å². The van der Waals surface area contributed by atoms with E-state index in [0.717, 1.165) is 13.2 Å². The standard InChI is InChI=1S/C10H23NO3/c1-4-14-6-5-11(3)7-10(2,8-12)9-13/h12-13H,4-9H2,1-3H3. The molecule has 0 bridgehead atoms. The molecule has 0 fully saturated rings. The molecule has 0 aliphatic rings. The van der Waals surface area contributed by atoms with Crippen molar-refractivity contribution in [2.75, 3.05) is 46.6 Å². The van der Waals surface area contributed by atoms with Crippen LogP contribution < -0.4 is 0 Å². The van der Waals surface area contributed by atoms with Gasteiger partial charge in [0.25, 0.3) is 0 Å². The second-order valence-electron chi connectivity index (χ2n) is 4.06. The van der Waals surface area contributed by atoms with Crippen LogP contribution in [0.25, 0.3) is 0 Å². The number of likely N-dealkylation sites (N-methyl/N-ethyl adjacent to an activating group) is 1. The van der Waals surface area contributed by atoms with Gasteiger partial charge in [-0.1, -0.05) is 6.92 Å². The molecule has 4 heteroatoms. The second-order valence-corrected chi connectivity index (χ2v) is 4.06. The number of hydrogen-bond acceptors (Lipinski definition) is 4. The molecule has 4 nitrogen and oxygen atoms in total. The van der Waals surface area contributed by atoms with E-state index in [1.807, 2.05) is 20.9 Å². The third-order valence-electron chi connectivity index (χ3n) is 2.24. The summed E-state index contributed by atoms with van der Waals surface area (Å²) in [4.78, 5) is 2.06. The molecular weight excluding hydrogens is 182 g/mol. The molecule has 0 unspecified atom stereocenters. The van der Waals surface area contributed by atoms with Crippen molar-refractivity contribution in [1.82, 2.24) is 4.90 Å². The molecule has 0 heterocycles. The summed E-state index contributed by atoms with van der Waals surface area (Å²) in [5.41, 5.74) is -0.416. The van der Waals surface area contributed by atoms with Crippen molar-refractivity contribution < 1.29 is 14.9 Å². The fraction of sp³-hybridized carbons (Fsp3) is 1.00. The zero-order valence-electron chi connectivity index (χ0n) is 9.49. The van der Waals surface area contributed by atoms with Crippen molar-refractivity contribution >= 4 is 0 Å². The van der Waals surface area contributed by atoms with Crippen LogP contribution >= 0.6 is 0 Å². The number of hydrogen-bond donors (Lipinski definition) is 2. The highest BCUT2D eigenvalue weighted by atomic mass is 16.5. The first-order valence-electron chi connectivity index (χ1n) is 5.06. The van der Waals surface area contributed by atoms with Gasteiger partial charge in [-0.25, -0.2) is 0 Å². The predicted molar refractivity (Wildman–Crippen MR) is 56.3 cm³/mol. The van der Waals surface area contributed by atoms with Crippen LogP contribution in [-0.2, 0) is 4.74 Å². The lowest BCUT2D eigenvalue weighted by molar-refractivity contribution is 0.0327. The number of rotatable bonds is 8. The van der Waals surface area contributed by atoms with E-state index in [4.69, 9.17) is 14.9 Å². The van der Waals surface area contributed by atoms with E-state index in [2.05, 4.69) is 4.90 Å². The Morgan fingerprint density at radius 2 is 1.86 bits per heavy atom. The van der Waals surface area contributed by atoms with E-state index >= 15 is 0 Å². The van der Waals surface area contributed by atoms with Gasteiger partial charge in [-0.2, -0.15) is 0 Å². The third-order valence-corrected chi connectivity index (χ3v) is 2.24. The van der Waals surface area contributed by atoms with Crippen LogP contribution in [-0.4, -0.2) is 61.7 Å². The van der Waals surface area contributed by atoms with Gasteiger partial charge in [0, 0.05) is 25.1 Å². The zero-order valence-corrected chi connectivity index (χ0v) is 9.49. The zero-order chi connectivity index (χ0) is 11.0. The minimum Gasteiger partial charge on any atom is -0.396 e. The summed E-state index contributed by atoms with van der Waals surface area (Å²) >= 11 is 0. The van der Waals surface area contributed by atoms with Gasteiger partial charge >= 0.3 is 0 Å². The van der Waals surface area contributed by atoms with Crippen LogP contribution in [0.2, 0.25) is 0 Å². The highest BCUT2D eigenvalue weighted by molar-refractivity contribution is 4.75. The highest BCUT2D eigenvalue weighted by Gasteiger charge is 2.23. The summed E-state index contributed by atoms with van der Waals surface area (Å²) in [6, 6.07) is 0. The van der Waals surface area contributed by atoms with Crippen LogP contribution in [0.15, 0.2) is 0 Å². The van der Waals surface area contributed by atoms with Crippen molar-refractivity contribution in [1.29, 1.82) is 0 Å². The van der Waals surface area contributed by atoms with Gasteiger partial charge in [-0.15, -0.1) is 0 Å². The first-order chi connectivity index (χ1) is 6.58. The molecule has 0 saturated heterocycles. The fourth-order valence-electron chi connectivity index (χ4n) is 1.25. The quantitative estimate of drug-likeness (QED) is 0.545. The molecule has 0 aliphatic carbocycles. The maximum atomic E-state index is 9.09. The lowest BCUT2D eigenvalue weighted by Crippen LogP contribution is -2.40. The predicted octanol–water partition coefficient (Wildman–Crippen LogP) is -0.0544. The van der Waals surface area contributed by atoms with Crippen molar-refractivity contribution in [3.05, 3.63) is 0 Å². The Bertz CT molecular complexity index is 137. The summed E-state index contributed by atoms with van der Waals surface area (Å²) in [7, 11) is 1.96. The molecule has 0 radical (unpaired) electrons. The second kappa shape index (κ2) is 7.17. The van der Waals surface area contributed by atoms with Gasteiger partial charge < -0.3 is 19.8 Å². The minimum atomic E-state index is -0.416. The lowest BCUT2D eigenvalue weighted by atomic mass is 9.92. The molecule has 0 atom stereocenters. The molecule has 86 valence electrons. The van der Waals surface area contributed by atoms with Crippen LogP contribution in [0.3, 0.4) is 0 Å². The third kappa shape index (κ3) is 5.54. The topological polar surface area (TPSA) is 52.9 Å². The Morgan fingerprint density at radius 3 is 2.29 bits per heavy atom. The number of ether oxygens (including phenoxy) is 1. The number of nitrogens with zero attached hydrogens (tertiary/aromatic N) is 1. The molecule has 2 N–H and O–H groups in total. The van der Waals surface area contributed by atoms with Gasteiger partial charge in [0.15, 0.2) is 0 Å². The van der Waals surface area contributed by atoms with Crippen LogP contribution in [0, 0.1) is 5.41 Å². The van der Waals surface area contributed by atoms with Crippen LogP contribution in [0.4, 0.5) is 0 Å². The summed E-state index contributed by atoms with van der Waals surface area (Å²) in [5, 5.41) is 18.2. The van der Waals surface area contributed by atoms with Crippen molar-refractivity contribution in [2.45, 2.75) is 13.8 Å². The van der Waals surface area contributed by atoms with E-state index in [9.17, 15) is 0 Å². The molecule has 0 amide bonds.